The van der Waals surface area contributed by atoms with Gasteiger partial charge in [0.1, 0.15) is 5.82 Å². The molecule has 102 valence electrons. The minimum absolute atomic E-state index is 0.0479. The van der Waals surface area contributed by atoms with Crippen molar-refractivity contribution in [1.29, 1.82) is 0 Å². The summed E-state index contributed by atoms with van der Waals surface area (Å²) >= 11 is 0. The van der Waals surface area contributed by atoms with Crippen molar-refractivity contribution in [3.05, 3.63) is 48.3 Å². The van der Waals surface area contributed by atoms with Gasteiger partial charge in [0.05, 0.1) is 17.6 Å². The summed E-state index contributed by atoms with van der Waals surface area (Å²) in [6.45, 7) is 0. The Kier molecular flexibility index (Phi) is 2.51. The van der Waals surface area contributed by atoms with Crippen LogP contribution in [0.25, 0.3) is 33.3 Å². The Morgan fingerprint density at radius 2 is 1.71 bits per heavy atom. The number of hydrogen-bond donors (Lipinski definition) is 1. The molecule has 1 aliphatic rings. The average Bonchev–Trinajstić information content (AvgIpc) is 2.82. The van der Waals surface area contributed by atoms with E-state index in [1.165, 1.54) is 5.56 Å². The van der Waals surface area contributed by atoms with Crippen molar-refractivity contribution in [2.45, 2.75) is 12.8 Å². The molecule has 1 aliphatic carbocycles. The molecule has 4 nitrogen and oxygen atoms in total. The molecule has 1 aromatic heterocycles. The van der Waals surface area contributed by atoms with Gasteiger partial charge < -0.3 is 5.11 Å². The minimum atomic E-state index is -0.829. The zero-order chi connectivity index (χ0) is 14.4. The van der Waals surface area contributed by atoms with Gasteiger partial charge in [-0.1, -0.05) is 36.4 Å². The van der Waals surface area contributed by atoms with Crippen LogP contribution in [0.3, 0.4) is 0 Å². The van der Waals surface area contributed by atoms with E-state index in [-0.39, 0.29) is 6.42 Å². The highest BCUT2D eigenvalue weighted by molar-refractivity contribution is 6.12. The Bertz CT molecular complexity index is 887. The molecule has 0 amide bonds. The Balaban J connectivity index is 1.96. The third kappa shape index (κ3) is 1.80. The number of benzene rings is 2. The summed E-state index contributed by atoms with van der Waals surface area (Å²) in [5, 5.41) is 9.89. The molecule has 0 fully saturated rings. The van der Waals surface area contributed by atoms with Crippen LogP contribution in [0.5, 0.6) is 0 Å². The number of carboxylic acid groups (broad SMARTS) is 1. The first-order chi connectivity index (χ1) is 10.2. The first-order valence-electron chi connectivity index (χ1n) is 6.85. The molecule has 0 saturated heterocycles. The number of aromatic nitrogens is 2. The van der Waals surface area contributed by atoms with Crippen molar-refractivity contribution in [3.8, 4) is 22.4 Å². The van der Waals surface area contributed by atoms with Gasteiger partial charge in [-0.05, 0) is 17.2 Å². The quantitative estimate of drug-likeness (QED) is 0.623. The molecule has 0 bridgehead atoms. The lowest BCUT2D eigenvalue weighted by Gasteiger charge is -2.04. The van der Waals surface area contributed by atoms with Crippen LogP contribution in [0.15, 0.2) is 42.5 Å². The fourth-order valence-corrected chi connectivity index (χ4v) is 2.91. The standard InChI is InChI=1S/C17H12N2O2/c20-15(21)9-8-14-18-13-7-3-6-11-10-4-1-2-5-12(10)17(19-14)16(11)13/h1-7H,8-9H2,(H,20,21). The van der Waals surface area contributed by atoms with E-state index in [4.69, 9.17) is 5.11 Å². The molecule has 0 spiro atoms. The van der Waals surface area contributed by atoms with Gasteiger partial charge in [0, 0.05) is 17.4 Å². The van der Waals surface area contributed by atoms with Gasteiger partial charge in [-0.2, -0.15) is 0 Å². The van der Waals surface area contributed by atoms with E-state index in [9.17, 15) is 4.79 Å². The van der Waals surface area contributed by atoms with Crippen LogP contribution in [-0.2, 0) is 11.2 Å². The molecular formula is C17H12N2O2. The van der Waals surface area contributed by atoms with E-state index in [2.05, 4.69) is 28.2 Å². The fourth-order valence-electron chi connectivity index (χ4n) is 2.91. The highest BCUT2D eigenvalue weighted by Crippen LogP contribution is 2.45. The van der Waals surface area contributed by atoms with Crippen molar-refractivity contribution in [1.82, 2.24) is 9.97 Å². The minimum Gasteiger partial charge on any atom is -0.481 e. The van der Waals surface area contributed by atoms with Gasteiger partial charge in [0.2, 0.25) is 0 Å². The van der Waals surface area contributed by atoms with Crippen LogP contribution in [0.2, 0.25) is 0 Å². The van der Waals surface area contributed by atoms with E-state index in [1.54, 1.807) is 0 Å². The lowest BCUT2D eigenvalue weighted by atomic mass is 10.1. The number of aliphatic carboxylic acids is 1. The fraction of sp³-hybridized carbons (Fsp3) is 0.118. The Morgan fingerprint density at radius 1 is 0.952 bits per heavy atom. The first-order valence-corrected chi connectivity index (χ1v) is 6.85. The Labute approximate surface area is 121 Å². The zero-order valence-corrected chi connectivity index (χ0v) is 11.2. The normalized spacial score (nSPS) is 11.6. The summed E-state index contributed by atoms with van der Waals surface area (Å²) < 4.78 is 0. The Hall–Kier alpha value is -2.75. The molecule has 1 N–H and O–H groups in total. The summed E-state index contributed by atoms with van der Waals surface area (Å²) in [5.41, 5.74) is 5.23. The average molecular weight is 276 g/mol. The van der Waals surface area contributed by atoms with E-state index < -0.39 is 5.97 Å². The smallest absolute Gasteiger partial charge is 0.303 e. The number of aryl methyl sites for hydroxylation is 1. The summed E-state index contributed by atoms with van der Waals surface area (Å²) in [7, 11) is 0. The number of nitrogens with zero attached hydrogens (tertiary/aromatic N) is 2. The van der Waals surface area contributed by atoms with E-state index in [1.807, 2.05) is 24.3 Å². The molecule has 1 heterocycles. The maximum absolute atomic E-state index is 10.7. The number of hydrogen-bond acceptors (Lipinski definition) is 3. The third-order valence-electron chi connectivity index (χ3n) is 3.80. The number of fused-ring (bicyclic) bond motifs is 3. The third-order valence-corrected chi connectivity index (χ3v) is 3.80. The number of carboxylic acids is 1. The van der Waals surface area contributed by atoms with Crippen LogP contribution in [0.4, 0.5) is 0 Å². The molecule has 0 saturated carbocycles. The predicted octanol–water partition coefficient (Wildman–Crippen LogP) is 3.29. The van der Waals surface area contributed by atoms with Crippen molar-refractivity contribution in [2.24, 2.45) is 0 Å². The van der Waals surface area contributed by atoms with Crippen molar-refractivity contribution in [2.75, 3.05) is 0 Å². The molecule has 4 heteroatoms. The van der Waals surface area contributed by atoms with Crippen LogP contribution in [-0.4, -0.2) is 21.0 Å². The van der Waals surface area contributed by atoms with Crippen LogP contribution in [0, 0.1) is 0 Å². The van der Waals surface area contributed by atoms with Crippen molar-refractivity contribution in [3.63, 3.8) is 0 Å². The SMILES string of the molecule is O=C(O)CCc1nc2c3c(cccc3n1)-c1ccccc1-2. The summed E-state index contributed by atoms with van der Waals surface area (Å²) in [5.74, 6) is -0.238. The topological polar surface area (TPSA) is 63.1 Å². The molecule has 21 heavy (non-hydrogen) atoms. The molecular weight excluding hydrogens is 264 g/mol. The van der Waals surface area contributed by atoms with Crippen molar-refractivity contribution >= 4 is 16.9 Å². The van der Waals surface area contributed by atoms with Gasteiger partial charge in [-0.15, -0.1) is 0 Å². The van der Waals surface area contributed by atoms with Crippen LogP contribution < -0.4 is 0 Å². The Morgan fingerprint density at radius 3 is 2.52 bits per heavy atom. The zero-order valence-electron chi connectivity index (χ0n) is 11.2. The van der Waals surface area contributed by atoms with Gasteiger partial charge >= 0.3 is 5.97 Å². The molecule has 3 aromatic rings. The monoisotopic (exact) mass is 276 g/mol. The predicted molar refractivity (Wildman–Crippen MR) is 79.9 cm³/mol. The molecule has 2 aromatic carbocycles. The largest absolute Gasteiger partial charge is 0.481 e. The van der Waals surface area contributed by atoms with Crippen LogP contribution >= 0.6 is 0 Å². The molecule has 0 radical (unpaired) electrons. The second kappa shape index (κ2) is 4.38. The number of carbonyl (C=O) groups is 1. The molecule has 0 unspecified atom stereocenters. The van der Waals surface area contributed by atoms with Crippen molar-refractivity contribution < 1.29 is 9.90 Å². The van der Waals surface area contributed by atoms with Gasteiger partial charge in [-0.3, -0.25) is 4.79 Å². The van der Waals surface area contributed by atoms with Gasteiger partial charge in [0.25, 0.3) is 0 Å². The van der Waals surface area contributed by atoms with Gasteiger partial charge in [-0.25, -0.2) is 9.97 Å². The summed E-state index contributed by atoms with van der Waals surface area (Å²) in [6.07, 6.45) is 0.400. The highest BCUT2D eigenvalue weighted by Gasteiger charge is 2.23. The summed E-state index contributed by atoms with van der Waals surface area (Å²) in [6, 6.07) is 14.2. The maximum atomic E-state index is 10.7. The van der Waals surface area contributed by atoms with Gasteiger partial charge in [0.15, 0.2) is 0 Å². The highest BCUT2D eigenvalue weighted by atomic mass is 16.4. The second-order valence-corrected chi connectivity index (χ2v) is 5.13. The van der Waals surface area contributed by atoms with E-state index in [0.29, 0.717) is 12.2 Å². The molecule has 4 rings (SSSR count). The van der Waals surface area contributed by atoms with Crippen LogP contribution in [0.1, 0.15) is 12.2 Å². The van der Waals surface area contributed by atoms with E-state index in [0.717, 1.165) is 27.7 Å². The van der Waals surface area contributed by atoms with E-state index >= 15 is 0 Å². The first kappa shape index (κ1) is 12.0. The number of rotatable bonds is 3. The lowest BCUT2D eigenvalue weighted by molar-refractivity contribution is -0.137. The lowest BCUT2D eigenvalue weighted by Crippen LogP contribution is -2.02. The summed E-state index contributed by atoms with van der Waals surface area (Å²) in [4.78, 5) is 19.9. The second-order valence-electron chi connectivity index (χ2n) is 5.13. The molecule has 0 atom stereocenters. The molecule has 0 aliphatic heterocycles. The maximum Gasteiger partial charge on any atom is 0.303 e.